The lowest BCUT2D eigenvalue weighted by molar-refractivity contribution is 0.0950. The van der Waals surface area contributed by atoms with Crippen LogP contribution in [0.25, 0.3) is 0 Å². The number of likely N-dealkylation sites (tertiary alicyclic amines) is 1. The lowest BCUT2D eigenvalue weighted by Gasteiger charge is -2.35. The highest BCUT2D eigenvalue weighted by molar-refractivity contribution is 5.93. The minimum atomic E-state index is -0.0804. The molecule has 134 valence electrons. The Morgan fingerprint density at radius 2 is 1.88 bits per heavy atom. The summed E-state index contributed by atoms with van der Waals surface area (Å²) in [6.07, 6.45) is 4.65. The molecule has 1 aliphatic heterocycles. The Bertz CT molecular complexity index is 714. The van der Waals surface area contributed by atoms with Crippen molar-refractivity contribution < 1.29 is 4.79 Å². The van der Waals surface area contributed by atoms with Gasteiger partial charge in [0.1, 0.15) is 0 Å². The van der Waals surface area contributed by atoms with Crippen LogP contribution in [-0.4, -0.2) is 33.7 Å². The number of nitrogens with zero attached hydrogens (tertiary/aromatic N) is 3. The molecule has 0 saturated carbocycles. The summed E-state index contributed by atoms with van der Waals surface area (Å²) < 4.78 is 1.64. The highest BCUT2D eigenvalue weighted by atomic mass is 16.1. The van der Waals surface area contributed by atoms with E-state index in [1.165, 1.54) is 17.5 Å². The zero-order valence-electron chi connectivity index (χ0n) is 15.4. The highest BCUT2D eigenvalue weighted by Crippen LogP contribution is 2.23. The average molecular weight is 340 g/mol. The van der Waals surface area contributed by atoms with E-state index in [-0.39, 0.29) is 5.91 Å². The van der Waals surface area contributed by atoms with Gasteiger partial charge in [0, 0.05) is 39.4 Å². The fourth-order valence-electron chi connectivity index (χ4n) is 3.86. The molecule has 0 bridgehead atoms. The van der Waals surface area contributed by atoms with Crippen molar-refractivity contribution in [2.45, 2.75) is 33.4 Å². The number of carbonyl (C=O) groups is 1. The summed E-state index contributed by atoms with van der Waals surface area (Å²) >= 11 is 0. The summed E-state index contributed by atoms with van der Waals surface area (Å²) in [6.45, 7) is 8.48. The molecule has 25 heavy (non-hydrogen) atoms. The first-order chi connectivity index (χ1) is 12.0. The van der Waals surface area contributed by atoms with Gasteiger partial charge in [-0.05, 0) is 29.4 Å². The second kappa shape index (κ2) is 7.83. The Hall–Kier alpha value is -2.14. The van der Waals surface area contributed by atoms with Gasteiger partial charge in [-0.25, -0.2) is 0 Å². The number of hydrogen-bond donors (Lipinski definition) is 1. The van der Waals surface area contributed by atoms with E-state index in [1.54, 1.807) is 17.1 Å². The van der Waals surface area contributed by atoms with Crippen LogP contribution >= 0.6 is 0 Å². The quantitative estimate of drug-likeness (QED) is 0.910. The second-order valence-electron chi connectivity index (χ2n) is 7.49. The lowest BCUT2D eigenvalue weighted by Crippen LogP contribution is -2.38. The van der Waals surface area contributed by atoms with Crippen molar-refractivity contribution in [2.24, 2.45) is 18.9 Å². The number of piperidine rings is 1. The number of nitrogens with one attached hydrogen (secondary N) is 1. The Morgan fingerprint density at radius 3 is 2.52 bits per heavy atom. The monoisotopic (exact) mass is 340 g/mol. The van der Waals surface area contributed by atoms with Crippen molar-refractivity contribution in [3.8, 4) is 0 Å². The van der Waals surface area contributed by atoms with E-state index < -0.39 is 0 Å². The SMILES string of the molecule is CC1CC(C)CN(Cc2ccccc2CNC(=O)c2cnn(C)c2)C1. The highest BCUT2D eigenvalue weighted by Gasteiger charge is 2.22. The minimum absolute atomic E-state index is 0.0804. The van der Waals surface area contributed by atoms with Gasteiger partial charge >= 0.3 is 0 Å². The summed E-state index contributed by atoms with van der Waals surface area (Å²) in [5, 5.41) is 7.06. The van der Waals surface area contributed by atoms with Crippen LogP contribution in [0.2, 0.25) is 0 Å². The Balaban J connectivity index is 1.63. The molecule has 1 aliphatic rings. The smallest absolute Gasteiger partial charge is 0.254 e. The number of benzene rings is 1. The van der Waals surface area contributed by atoms with Crippen LogP contribution in [0.15, 0.2) is 36.7 Å². The van der Waals surface area contributed by atoms with Crippen molar-refractivity contribution in [2.75, 3.05) is 13.1 Å². The average Bonchev–Trinajstić information content (AvgIpc) is 2.99. The van der Waals surface area contributed by atoms with Crippen molar-refractivity contribution in [3.05, 3.63) is 53.3 Å². The van der Waals surface area contributed by atoms with Crippen LogP contribution in [0.1, 0.15) is 41.8 Å². The fraction of sp³-hybridized carbons (Fsp3) is 0.500. The van der Waals surface area contributed by atoms with Crippen molar-refractivity contribution in [1.29, 1.82) is 0 Å². The van der Waals surface area contributed by atoms with E-state index in [2.05, 4.69) is 47.4 Å². The van der Waals surface area contributed by atoms with Gasteiger partial charge in [-0.15, -0.1) is 0 Å². The first kappa shape index (κ1) is 17.7. The van der Waals surface area contributed by atoms with Crippen LogP contribution in [-0.2, 0) is 20.1 Å². The van der Waals surface area contributed by atoms with Crippen LogP contribution in [0, 0.1) is 11.8 Å². The number of carbonyl (C=O) groups excluding carboxylic acids is 1. The fourth-order valence-corrected chi connectivity index (χ4v) is 3.86. The van der Waals surface area contributed by atoms with E-state index in [4.69, 9.17) is 0 Å². The van der Waals surface area contributed by atoms with Gasteiger partial charge in [-0.3, -0.25) is 14.4 Å². The van der Waals surface area contributed by atoms with Gasteiger partial charge in [-0.2, -0.15) is 5.10 Å². The second-order valence-corrected chi connectivity index (χ2v) is 7.49. The molecule has 1 amide bonds. The molecule has 1 saturated heterocycles. The van der Waals surface area contributed by atoms with Crippen molar-refractivity contribution >= 4 is 5.91 Å². The summed E-state index contributed by atoms with van der Waals surface area (Å²) in [6, 6.07) is 8.40. The Morgan fingerprint density at radius 1 is 1.20 bits per heavy atom. The van der Waals surface area contributed by atoms with Crippen LogP contribution in [0.5, 0.6) is 0 Å². The molecule has 0 aliphatic carbocycles. The van der Waals surface area contributed by atoms with Crippen LogP contribution in [0.4, 0.5) is 0 Å². The van der Waals surface area contributed by atoms with Gasteiger partial charge in [0.25, 0.3) is 5.91 Å². The molecule has 0 spiro atoms. The first-order valence-electron chi connectivity index (χ1n) is 9.07. The number of aromatic nitrogens is 2. The standard InChI is InChI=1S/C20H28N4O/c1-15-8-16(2)12-24(11-15)14-18-7-5-4-6-17(18)9-21-20(25)19-10-22-23(3)13-19/h4-7,10,13,15-16H,8-9,11-12,14H2,1-3H3,(H,21,25). The molecule has 2 heterocycles. The predicted molar refractivity (Wildman–Crippen MR) is 99.0 cm³/mol. The van der Waals surface area contributed by atoms with Crippen LogP contribution < -0.4 is 5.32 Å². The minimum Gasteiger partial charge on any atom is -0.348 e. The number of rotatable bonds is 5. The number of amides is 1. The Kier molecular flexibility index (Phi) is 5.53. The van der Waals surface area contributed by atoms with Gasteiger partial charge in [0.05, 0.1) is 11.8 Å². The molecule has 1 aromatic heterocycles. The summed E-state index contributed by atoms with van der Waals surface area (Å²) in [7, 11) is 1.81. The maximum absolute atomic E-state index is 12.2. The molecule has 2 aromatic rings. The molecule has 1 aromatic carbocycles. The summed E-state index contributed by atoms with van der Waals surface area (Å²) in [5.41, 5.74) is 3.08. The third-order valence-corrected chi connectivity index (χ3v) is 4.86. The van der Waals surface area contributed by atoms with Crippen molar-refractivity contribution in [3.63, 3.8) is 0 Å². The van der Waals surface area contributed by atoms with Gasteiger partial charge in [0.15, 0.2) is 0 Å². The summed E-state index contributed by atoms with van der Waals surface area (Å²) in [4.78, 5) is 14.8. The van der Waals surface area contributed by atoms with Gasteiger partial charge < -0.3 is 5.32 Å². The molecule has 1 fully saturated rings. The third-order valence-electron chi connectivity index (χ3n) is 4.86. The summed E-state index contributed by atoms with van der Waals surface area (Å²) in [5.74, 6) is 1.42. The largest absolute Gasteiger partial charge is 0.348 e. The van der Waals surface area contributed by atoms with Gasteiger partial charge in [0.2, 0.25) is 0 Å². The molecular formula is C20H28N4O. The molecule has 1 N–H and O–H groups in total. The number of aryl methyl sites for hydroxylation is 1. The molecule has 0 radical (unpaired) electrons. The van der Waals surface area contributed by atoms with E-state index in [0.717, 1.165) is 31.5 Å². The maximum Gasteiger partial charge on any atom is 0.254 e. The Labute approximate surface area is 150 Å². The molecule has 5 heteroatoms. The first-order valence-corrected chi connectivity index (χ1v) is 9.07. The zero-order valence-corrected chi connectivity index (χ0v) is 15.4. The maximum atomic E-state index is 12.2. The predicted octanol–water partition coefficient (Wildman–Crippen LogP) is 2.83. The van der Waals surface area contributed by atoms with Gasteiger partial charge in [-0.1, -0.05) is 38.1 Å². The van der Waals surface area contributed by atoms with E-state index in [1.807, 2.05) is 13.1 Å². The molecule has 5 nitrogen and oxygen atoms in total. The van der Waals surface area contributed by atoms with Crippen LogP contribution in [0.3, 0.4) is 0 Å². The van der Waals surface area contributed by atoms with E-state index >= 15 is 0 Å². The lowest BCUT2D eigenvalue weighted by atomic mass is 9.91. The zero-order chi connectivity index (χ0) is 17.8. The van der Waals surface area contributed by atoms with E-state index in [0.29, 0.717) is 12.1 Å². The normalized spacial score (nSPS) is 21.2. The molecule has 2 unspecified atom stereocenters. The van der Waals surface area contributed by atoms with Crippen molar-refractivity contribution in [1.82, 2.24) is 20.0 Å². The molecular weight excluding hydrogens is 312 g/mol. The third kappa shape index (κ3) is 4.69. The van der Waals surface area contributed by atoms with E-state index in [9.17, 15) is 4.79 Å². The number of hydrogen-bond acceptors (Lipinski definition) is 3. The molecule has 2 atom stereocenters. The molecule has 3 rings (SSSR count). The topological polar surface area (TPSA) is 50.2 Å².